The van der Waals surface area contributed by atoms with Gasteiger partial charge in [-0.05, 0) is 6.07 Å². The summed E-state index contributed by atoms with van der Waals surface area (Å²) in [5.41, 5.74) is 0.845. The van der Waals surface area contributed by atoms with Crippen LogP contribution in [0.5, 0.6) is 5.75 Å². The molecule has 20 heavy (non-hydrogen) atoms. The fourth-order valence-electron chi connectivity index (χ4n) is 2.21. The molecule has 1 N–H and O–H groups in total. The number of hydrogen-bond acceptors (Lipinski definition) is 5. The summed E-state index contributed by atoms with van der Waals surface area (Å²) in [6.07, 6.45) is 0.785. The molecule has 106 valence electrons. The van der Waals surface area contributed by atoms with E-state index in [-0.39, 0.29) is 11.9 Å². The summed E-state index contributed by atoms with van der Waals surface area (Å²) in [7, 11) is 0. The molecule has 1 aromatic heterocycles. The van der Waals surface area contributed by atoms with Gasteiger partial charge >= 0.3 is 0 Å². The van der Waals surface area contributed by atoms with Gasteiger partial charge in [-0.25, -0.2) is 9.37 Å². The van der Waals surface area contributed by atoms with Crippen molar-refractivity contribution < 1.29 is 9.13 Å². The van der Waals surface area contributed by atoms with E-state index in [1.807, 2.05) is 6.07 Å². The van der Waals surface area contributed by atoms with Crippen molar-refractivity contribution in [1.29, 1.82) is 0 Å². The molecule has 0 bridgehead atoms. The lowest BCUT2D eigenvalue weighted by Gasteiger charge is -2.26. The lowest BCUT2D eigenvalue weighted by molar-refractivity contribution is 0.260. The molecule has 6 heteroatoms. The molecule has 0 radical (unpaired) electrons. The van der Waals surface area contributed by atoms with Crippen LogP contribution >= 0.6 is 11.5 Å². The van der Waals surface area contributed by atoms with Crippen molar-refractivity contribution in [3.63, 3.8) is 0 Å². The third-order valence-electron chi connectivity index (χ3n) is 3.28. The summed E-state index contributed by atoms with van der Waals surface area (Å²) >= 11 is 1.34. The van der Waals surface area contributed by atoms with Gasteiger partial charge in [0.05, 0.1) is 12.6 Å². The lowest BCUT2D eigenvalue weighted by atomic mass is 10.0. The molecule has 0 amide bonds. The Morgan fingerprint density at radius 2 is 2.30 bits per heavy atom. The van der Waals surface area contributed by atoms with E-state index in [2.05, 4.69) is 28.5 Å². The molecule has 2 heterocycles. The number of anilines is 1. The standard InChI is InChI=1S/C14H16FN3OS/c1-8(2)13-17-14(20-18-13)16-11-6-7-19-12-9(11)4-3-5-10(12)15/h3-5,8,11H,6-7H2,1-2H3,(H,16,17,18)/t11-/m0/s1. The number of fused-ring (bicyclic) bond motifs is 1. The fraction of sp³-hybridized carbons (Fsp3) is 0.429. The van der Waals surface area contributed by atoms with Gasteiger partial charge in [0.25, 0.3) is 0 Å². The summed E-state index contributed by atoms with van der Waals surface area (Å²) in [4.78, 5) is 4.46. The highest BCUT2D eigenvalue weighted by Crippen LogP contribution is 2.36. The Morgan fingerprint density at radius 3 is 3.05 bits per heavy atom. The Kier molecular flexibility index (Phi) is 3.56. The van der Waals surface area contributed by atoms with E-state index >= 15 is 0 Å². The highest BCUT2D eigenvalue weighted by atomic mass is 32.1. The summed E-state index contributed by atoms with van der Waals surface area (Å²) in [6, 6.07) is 5.03. The van der Waals surface area contributed by atoms with E-state index in [1.165, 1.54) is 17.6 Å². The number of para-hydroxylation sites is 1. The van der Waals surface area contributed by atoms with E-state index in [0.29, 0.717) is 18.3 Å². The molecule has 3 rings (SSSR count). The monoisotopic (exact) mass is 293 g/mol. The van der Waals surface area contributed by atoms with Crippen LogP contribution in [0.4, 0.5) is 9.52 Å². The zero-order valence-electron chi connectivity index (χ0n) is 11.4. The van der Waals surface area contributed by atoms with Crippen molar-refractivity contribution in [1.82, 2.24) is 9.36 Å². The first-order valence-electron chi connectivity index (χ1n) is 6.66. The third-order valence-corrected chi connectivity index (χ3v) is 3.94. The third kappa shape index (κ3) is 2.47. The molecule has 0 saturated heterocycles. The summed E-state index contributed by atoms with van der Waals surface area (Å²) in [5, 5.41) is 4.11. The minimum absolute atomic E-state index is 0.0161. The molecule has 0 unspecified atom stereocenters. The number of benzene rings is 1. The van der Waals surface area contributed by atoms with E-state index < -0.39 is 0 Å². The van der Waals surface area contributed by atoms with Gasteiger partial charge in [-0.2, -0.15) is 4.37 Å². The predicted molar refractivity (Wildman–Crippen MR) is 76.9 cm³/mol. The average Bonchev–Trinajstić information content (AvgIpc) is 2.89. The SMILES string of the molecule is CC(C)c1nsc(N[C@H]2CCOc3c(F)cccc32)n1. The molecule has 2 aromatic rings. The van der Waals surface area contributed by atoms with Crippen LogP contribution in [0.2, 0.25) is 0 Å². The largest absolute Gasteiger partial charge is 0.490 e. The molecule has 1 aromatic carbocycles. The van der Waals surface area contributed by atoms with Crippen molar-refractivity contribution in [3.05, 3.63) is 35.4 Å². The maximum absolute atomic E-state index is 13.7. The first-order chi connectivity index (χ1) is 9.65. The minimum Gasteiger partial charge on any atom is -0.490 e. The van der Waals surface area contributed by atoms with Gasteiger partial charge in [-0.1, -0.05) is 26.0 Å². The Bertz CT molecular complexity index is 614. The number of nitrogens with one attached hydrogen (secondary N) is 1. The fourth-order valence-corrected chi connectivity index (χ4v) is 2.97. The zero-order valence-corrected chi connectivity index (χ0v) is 12.2. The number of ether oxygens (including phenoxy) is 1. The van der Waals surface area contributed by atoms with Crippen LogP contribution in [0.15, 0.2) is 18.2 Å². The normalized spacial score (nSPS) is 17.7. The molecule has 0 fully saturated rings. The van der Waals surface area contributed by atoms with Crippen LogP contribution in [0.25, 0.3) is 0 Å². The smallest absolute Gasteiger partial charge is 0.203 e. The zero-order chi connectivity index (χ0) is 14.1. The van der Waals surface area contributed by atoms with Crippen LogP contribution in [-0.2, 0) is 0 Å². The average molecular weight is 293 g/mol. The first-order valence-corrected chi connectivity index (χ1v) is 7.44. The Labute approximate surface area is 121 Å². The molecule has 1 atom stereocenters. The molecular weight excluding hydrogens is 277 g/mol. The number of hydrogen-bond donors (Lipinski definition) is 1. The van der Waals surface area contributed by atoms with Crippen molar-refractivity contribution in [3.8, 4) is 5.75 Å². The van der Waals surface area contributed by atoms with Gasteiger partial charge in [-0.15, -0.1) is 0 Å². The van der Waals surface area contributed by atoms with Crippen LogP contribution in [0.3, 0.4) is 0 Å². The maximum atomic E-state index is 13.7. The first kappa shape index (κ1) is 13.3. The highest BCUT2D eigenvalue weighted by molar-refractivity contribution is 7.09. The van der Waals surface area contributed by atoms with Crippen LogP contribution in [0, 0.1) is 5.82 Å². The molecule has 4 nitrogen and oxygen atoms in total. The topological polar surface area (TPSA) is 47.0 Å². The summed E-state index contributed by atoms with van der Waals surface area (Å²) < 4.78 is 23.5. The second kappa shape index (κ2) is 5.36. The Morgan fingerprint density at radius 1 is 1.45 bits per heavy atom. The number of nitrogens with zero attached hydrogens (tertiary/aromatic N) is 2. The molecular formula is C14H16FN3OS. The van der Waals surface area contributed by atoms with Crippen molar-refractivity contribution >= 4 is 16.7 Å². The van der Waals surface area contributed by atoms with Crippen LogP contribution in [-0.4, -0.2) is 16.0 Å². The van der Waals surface area contributed by atoms with E-state index in [9.17, 15) is 4.39 Å². The van der Waals surface area contributed by atoms with Gasteiger partial charge < -0.3 is 10.1 Å². The van der Waals surface area contributed by atoms with Gasteiger partial charge in [0.1, 0.15) is 5.82 Å². The Hall–Kier alpha value is -1.69. The number of halogens is 1. The number of aromatic nitrogens is 2. The molecule has 0 spiro atoms. The predicted octanol–water partition coefficient (Wildman–Crippen LogP) is 3.74. The summed E-state index contributed by atoms with van der Waals surface area (Å²) in [6.45, 7) is 4.62. The van der Waals surface area contributed by atoms with Crippen LogP contribution in [0.1, 0.15) is 43.6 Å². The quantitative estimate of drug-likeness (QED) is 0.936. The van der Waals surface area contributed by atoms with E-state index in [0.717, 1.165) is 22.9 Å². The van der Waals surface area contributed by atoms with Crippen molar-refractivity contribution in [2.24, 2.45) is 0 Å². The van der Waals surface area contributed by atoms with Crippen LogP contribution < -0.4 is 10.1 Å². The van der Waals surface area contributed by atoms with Gasteiger partial charge in [0.2, 0.25) is 5.13 Å². The van der Waals surface area contributed by atoms with Crippen molar-refractivity contribution in [2.45, 2.75) is 32.2 Å². The summed E-state index contributed by atoms with van der Waals surface area (Å²) in [5.74, 6) is 1.18. The minimum atomic E-state index is -0.311. The van der Waals surface area contributed by atoms with Crippen molar-refractivity contribution in [2.75, 3.05) is 11.9 Å². The highest BCUT2D eigenvalue weighted by Gasteiger charge is 2.24. The lowest BCUT2D eigenvalue weighted by Crippen LogP contribution is -2.21. The second-order valence-electron chi connectivity index (χ2n) is 5.10. The number of rotatable bonds is 3. The molecule has 1 aliphatic heterocycles. The molecule has 1 aliphatic rings. The van der Waals surface area contributed by atoms with Gasteiger partial charge in [0.15, 0.2) is 11.6 Å². The van der Waals surface area contributed by atoms with E-state index in [1.54, 1.807) is 6.07 Å². The maximum Gasteiger partial charge on any atom is 0.203 e. The second-order valence-corrected chi connectivity index (χ2v) is 5.86. The van der Waals surface area contributed by atoms with Gasteiger partial charge in [-0.3, -0.25) is 0 Å². The molecule has 0 aliphatic carbocycles. The Balaban J connectivity index is 1.84. The van der Waals surface area contributed by atoms with E-state index in [4.69, 9.17) is 4.74 Å². The van der Waals surface area contributed by atoms with Gasteiger partial charge in [0, 0.05) is 29.4 Å². The molecule has 0 saturated carbocycles.